The zero-order valence-corrected chi connectivity index (χ0v) is 8.07. The number of carbonyl (C=O) groups excluding carboxylic acids is 1. The molecule has 0 unspecified atom stereocenters. The average molecular weight is 191 g/mol. The van der Waals surface area contributed by atoms with Gasteiger partial charge >= 0.3 is 5.97 Å². The largest absolute Gasteiger partial charge is 0.469 e. The molecule has 74 valence electrons. The first kappa shape index (κ1) is 10.3. The third-order valence-corrected chi connectivity index (χ3v) is 1.73. The summed E-state index contributed by atoms with van der Waals surface area (Å²) in [4.78, 5) is 10.8. The zero-order chi connectivity index (χ0) is 10.4. The highest BCUT2D eigenvalue weighted by Gasteiger charge is 1.94. The minimum Gasteiger partial charge on any atom is -0.469 e. The Morgan fingerprint density at radius 3 is 3.00 bits per heavy atom. The van der Waals surface area contributed by atoms with E-state index in [1.807, 2.05) is 30.3 Å². The maximum absolute atomic E-state index is 10.8. The van der Waals surface area contributed by atoms with Crippen molar-refractivity contribution in [3.63, 3.8) is 0 Å². The fourth-order valence-electron chi connectivity index (χ4n) is 1.04. The highest BCUT2D eigenvalue weighted by Crippen LogP contribution is 2.08. The monoisotopic (exact) mass is 191 g/mol. The van der Waals surface area contributed by atoms with Crippen molar-refractivity contribution in [3.05, 3.63) is 35.9 Å². The van der Waals surface area contributed by atoms with Gasteiger partial charge in [-0.25, -0.2) is 0 Å². The Balaban J connectivity index is 2.56. The molecule has 0 saturated heterocycles. The molecule has 0 aromatic heterocycles. The first-order chi connectivity index (χ1) is 6.72. The van der Waals surface area contributed by atoms with Crippen LogP contribution in [0, 0.1) is 0 Å². The molecule has 0 spiro atoms. The van der Waals surface area contributed by atoms with Crippen molar-refractivity contribution in [2.45, 2.75) is 6.42 Å². The van der Waals surface area contributed by atoms with Crippen molar-refractivity contribution in [2.75, 3.05) is 12.8 Å². The van der Waals surface area contributed by atoms with E-state index < -0.39 is 0 Å². The normalized spacial score (nSPS) is 10.4. The fraction of sp³-hybridized carbons (Fsp3) is 0.182. The van der Waals surface area contributed by atoms with Crippen LogP contribution >= 0.6 is 0 Å². The molecule has 0 amide bonds. The lowest BCUT2D eigenvalue weighted by Gasteiger charge is -1.95. The van der Waals surface area contributed by atoms with Crippen LogP contribution in [0.15, 0.2) is 30.3 Å². The van der Waals surface area contributed by atoms with Gasteiger partial charge in [0.1, 0.15) is 0 Å². The Labute approximate surface area is 83.2 Å². The lowest BCUT2D eigenvalue weighted by Crippen LogP contribution is -1.96. The second kappa shape index (κ2) is 5.07. The Bertz CT molecular complexity index is 345. The van der Waals surface area contributed by atoms with E-state index in [2.05, 4.69) is 4.74 Å². The molecule has 3 heteroatoms. The zero-order valence-electron chi connectivity index (χ0n) is 8.07. The van der Waals surface area contributed by atoms with Crippen molar-refractivity contribution in [3.8, 4) is 0 Å². The standard InChI is InChI=1S/C11H13NO2/c1-14-11(13)7-3-5-9-4-2-6-10(12)8-9/h2-6,8H,7,12H2,1H3. The van der Waals surface area contributed by atoms with Crippen LogP contribution in [-0.4, -0.2) is 13.1 Å². The molecule has 0 aliphatic heterocycles. The number of benzene rings is 1. The van der Waals surface area contributed by atoms with Crippen LogP contribution in [0.5, 0.6) is 0 Å². The van der Waals surface area contributed by atoms with Crippen molar-refractivity contribution in [2.24, 2.45) is 0 Å². The molecule has 0 radical (unpaired) electrons. The summed E-state index contributed by atoms with van der Waals surface area (Å²) in [6, 6.07) is 7.45. The molecule has 0 bridgehead atoms. The average Bonchev–Trinajstić information content (AvgIpc) is 2.17. The van der Waals surface area contributed by atoms with Gasteiger partial charge in [-0.05, 0) is 17.7 Å². The van der Waals surface area contributed by atoms with Gasteiger partial charge < -0.3 is 10.5 Å². The van der Waals surface area contributed by atoms with Gasteiger partial charge in [0.2, 0.25) is 0 Å². The van der Waals surface area contributed by atoms with E-state index in [0.717, 1.165) is 5.56 Å². The van der Waals surface area contributed by atoms with E-state index >= 15 is 0 Å². The Morgan fingerprint density at radius 2 is 2.36 bits per heavy atom. The van der Waals surface area contributed by atoms with Gasteiger partial charge in [-0.1, -0.05) is 24.3 Å². The summed E-state index contributed by atoms with van der Waals surface area (Å²) >= 11 is 0. The molecular weight excluding hydrogens is 178 g/mol. The number of hydrogen-bond donors (Lipinski definition) is 1. The quantitative estimate of drug-likeness (QED) is 0.586. The first-order valence-corrected chi connectivity index (χ1v) is 4.31. The molecule has 0 saturated carbocycles. The lowest BCUT2D eigenvalue weighted by molar-refractivity contribution is -0.139. The van der Waals surface area contributed by atoms with E-state index in [1.165, 1.54) is 7.11 Å². The molecule has 2 N–H and O–H groups in total. The summed E-state index contributed by atoms with van der Waals surface area (Å²) in [5, 5.41) is 0. The third kappa shape index (κ3) is 3.31. The number of anilines is 1. The van der Waals surface area contributed by atoms with E-state index in [4.69, 9.17) is 5.73 Å². The number of nitrogen functional groups attached to an aromatic ring is 1. The molecule has 0 aliphatic carbocycles. The van der Waals surface area contributed by atoms with E-state index in [0.29, 0.717) is 5.69 Å². The highest BCUT2D eigenvalue weighted by atomic mass is 16.5. The number of hydrogen-bond acceptors (Lipinski definition) is 3. The number of nitrogens with two attached hydrogens (primary N) is 1. The first-order valence-electron chi connectivity index (χ1n) is 4.31. The van der Waals surface area contributed by atoms with Gasteiger partial charge in [0.05, 0.1) is 13.5 Å². The fourth-order valence-corrected chi connectivity index (χ4v) is 1.04. The van der Waals surface area contributed by atoms with Gasteiger partial charge in [0, 0.05) is 5.69 Å². The number of carbonyl (C=O) groups is 1. The van der Waals surface area contributed by atoms with Crippen molar-refractivity contribution in [1.29, 1.82) is 0 Å². The van der Waals surface area contributed by atoms with Gasteiger partial charge in [0.25, 0.3) is 0 Å². The smallest absolute Gasteiger partial charge is 0.309 e. The van der Waals surface area contributed by atoms with Crippen LogP contribution in [0.3, 0.4) is 0 Å². The minimum atomic E-state index is -0.245. The van der Waals surface area contributed by atoms with Gasteiger partial charge in [0.15, 0.2) is 0 Å². The minimum absolute atomic E-state index is 0.245. The molecule has 1 rings (SSSR count). The van der Waals surface area contributed by atoms with Crippen LogP contribution in [0.2, 0.25) is 0 Å². The maximum Gasteiger partial charge on any atom is 0.309 e. The topological polar surface area (TPSA) is 52.3 Å². The van der Waals surface area contributed by atoms with Gasteiger partial charge in [-0.3, -0.25) is 4.79 Å². The summed E-state index contributed by atoms with van der Waals surface area (Å²) in [6.07, 6.45) is 3.87. The highest BCUT2D eigenvalue weighted by molar-refractivity contribution is 5.72. The molecule has 1 aromatic carbocycles. The predicted octanol–water partition coefficient (Wildman–Crippen LogP) is 1.85. The van der Waals surface area contributed by atoms with E-state index in [1.54, 1.807) is 6.08 Å². The summed E-state index contributed by atoms with van der Waals surface area (Å²) < 4.78 is 4.50. The van der Waals surface area contributed by atoms with E-state index in [-0.39, 0.29) is 12.4 Å². The van der Waals surface area contributed by atoms with Crippen LogP contribution in [0.1, 0.15) is 12.0 Å². The summed E-state index contributed by atoms with van der Waals surface area (Å²) in [5.74, 6) is -0.245. The van der Waals surface area contributed by atoms with Gasteiger partial charge in [-0.2, -0.15) is 0 Å². The van der Waals surface area contributed by atoms with Crippen LogP contribution in [-0.2, 0) is 9.53 Å². The molecule has 0 fully saturated rings. The maximum atomic E-state index is 10.8. The molecule has 0 aliphatic rings. The van der Waals surface area contributed by atoms with Crippen LogP contribution in [0.4, 0.5) is 5.69 Å². The number of esters is 1. The second-order valence-electron chi connectivity index (χ2n) is 2.85. The van der Waals surface area contributed by atoms with Crippen LogP contribution in [0.25, 0.3) is 6.08 Å². The SMILES string of the molecule is COC(=O)CC=Cc1cccc(N)c1. The molecule has 14 heavy (non-hydrogen) atoms. The molecular formula is C11H13NO2. The predicted molar refractivity (Wildman–Crippen MR) is 56.5 cm³/mol. The Morgan fingerprint density at radius 1 is 1.57 bits per heavy atom. The lowest BCUT2D eigenvalue weighted by atomic mass is 10.2. The second-order valence-corrected chi connectivity index (χ2v) is 2.85. The van der Waals surface area contributed by atoms with Crippen LogP contribution < -0.4 is 5.73 Å². The van der Waals surface area contributed by atoms with Gasteiger partial charge in [-0.15, -0.1) is 0 Å². The molecule has 1 aromatic rings. The Hall–Kier alpha value is -1.77. The number of methoxy groups -OCH3 is 1. The third-order valence-electron chi connectivity index (χ3n) is 1.73. The van der Waals surface area contributed by atoms with E-state index in [9.17, 15) is 4.79 Å². The summed E-state index contributed by atoms with van der Waals surface area (Å²) in [5.41, 5.74) is 7.28. The number of rotatable bonds is 3. The summed E-state index contributed by atoms with van der Waals surface area (Å²) in [6.45, 7) is 0. The van der Waals surface area contributed by atoms with Crippen molar-refractivity contribution >= 4 is 17.7 Å². The summed E-state index contributed by atoms with van der Waals surface area (Å²) in [7, 11) is 1.37. The molecule has 3 nitrogen and oxygen atoms in total. The van der Waals surface area contributed by atoms with Crippen molar-refractivity contribution in [1.82, 2.24) is 0 Å². The molecule has 0 atom stereocenters. The Kier molecular flexibility index (Phi) is 3.73. The molecule has 0 heterocycles. The van der Waals surface area contributed by atoms with Crippen molar-refractivity contribution < 1.29 is 9.53 Å². The number of ether oxygens (including phenoxy) is 1.